The summed E-state index contributed by atoms with van der Waals surface area (Å²) in [6.45, 7) is 7.51. The first-order valence-electron chi connectivity index (χ1n) is 12.4. The van der Waals surface area contributed by atoms with E-state index < -0.39 is 0 Å². The van der Waals surface area contributed by atoms with Crippen LogP contribution in [0.3, 0.4) is 0 Å². The van der Waals surface area contributed by atoms with Gasteiger partial charge in [-0.25, -0.2) is 0 Å². The molecule has 5 rings (SSSR count). The van der Waals surface area contributed by atoms with Gasteiger partial charge in [-0.1, -0.05) is 45.0 Å². The van der Waals surface area contributed by atoms with Crippen LogP contribution in [0.15, 0.2) is 48.5 Å². The molecule has 0 aliphatic heterocycles. The number of nitrogens with one attached hydrogen (secondary N) is 3. The molecule has 2 aliphatic rings. The van der Waals surface area contributed by atoms with E-state index in [4.69, 9.17) is 11.5 Å². The Morgan fingerprint density at radius 2 is 1.72 bits per heavy atom. The van der Waals surface area contributed by atoms with E-state index in [9.17, 15) is 4.79 Å². The van der Waals surface area contributed by atoms with Gasteiger partial charge in [-0.2, -0.15) is 15.0 Å². The number of aromatic nitrogens is 3. The van der Waals surface area contributed by atoms with E-state index in [1.807, 2.05) is 24.3 Å². The zero-order chi connectivity index (χ0) is 25.5. The van der Waals surface area contributed by atoms with Crippen molar-refractivity contribution in [2.75, 3.05) is 27.4 Å². The van der Waals surface area contributed by atoms with Gasteiger partial charge in [-0.3, -0.25) is 4.79 Å². The molecular formula is C27H34N8O. The molecule has 7 N–H and O–H groups in total. The van der Waals surface area contributed by atoms with Crippen molar-refractivity contribution in [2.45, 2.75) is 52.6 Å². The van der Waals surface area contributed by atoms with Crippen molar-refractivity contribution in [1.29, 1.82) is 0 Å². The molecule has 0 spiro atoms. The monoisotopic (exact) mass is 486 g/mol. The zero-order valence-corrected chi connectivity index (χ0v) is 21.0. The van der Waals surface area contributed by atoms with Crippen LogP contribution < -0.4 is 27.4 Å². The molecule has 9 heteroatoms. The molecule has 3 atom stereocenters. The Morgan fingerprint density at radius 1 is 1.00 bits per heavy atom. The summed E-state index contributed by atoms with van der Waals surface area (Å²) in [6.07, 6.45) is 3.74. The number of nitrogens with two attached hydrogens (primary N) is 2. The van der Waals surface area contributed by atoms with Gasteiger partial charge in [0, 0.05) is 18.2 Å². The molecule has 0 radical (unpaired) electrons. The third-order valence-electron chi connectivity index (χ3n) is 8.07. The first-order chi connectivity index (χ1) is 17.1. The van der Waals surface area contributed by atoms with Gasteiger partial charge in [0.2, 0.25) is 17.8 Å². The maximum absolute atomic E-state index is 12.6. The van der Waals surface area contributed by atoms with Crippen molar-refractivity contribution in [1.82, 2.24) is 15.0 Å². The van der Waals surface area contributed by atoms with Gasteiger partial charge < -0.3 is 27.4 Å². The number of carbonyl (C=O) groups is 1. The lowest BCUT2D eigenvalue weighted by atomic mass is 9.68. The fourth-order valence-electron chi connectivity index (χ4n) is 6.09. The minimum absolute atomic E-state index is 0.169. The average molecular weight is 487 g/mol. The van der Waals surface area contributed by atoms with Crippen molar-refractivity contribution >= 4 is 35.1 Å². The fourth-order valence-corrected chi connectivity index (χ4v) is 6.09. The quantitative estimate of drug-likeness (QED) is 0.307. The topological polar surface area (TPSA) is 144 Å². The van der Waals surface area contributed by atoms with Crippen molar-refractivity contribution < 1.29 is 4.79 Å². The lowest BCUT2D eigenvalue weighted by Crippen LogP contribution is -2.46. The Hall–Kier alpha value is -3.88. The second kappa shape index (κ2) is 8.96. The largest absolute Gasteiger partial charge is 0.397 e. The van der Waals surface area contributed by atoms with Gasteiger partial charge in [0.25, 0.3) is 5.91 Å². The average Bonchev–Trinajstić information content (AvgIpc) is 3.33. The second-order valence-electron chi connectivity index (χ2n) is 10.9. The van der Waals surface area contributed by atoms with Crippen LogP contribution in [-0.4, -0.2) is 26.9 Å². The highest BCUT2D eigenvalue weighted by Crippen LogP contribution is 2.63. The molecule has 1 heterocycles. The molecule has 3 aromatic rings. The number of anilines is 5. The molecule has 0 saturated heterocycles. The van der Waals surface area contributed by atoms with E-state index in [-0.39, 0.29) is 28.7 Å². The summed E-state index contributed by atoms with van der Waals surface area (Å²) in [6, 6.07) is 14.8. The van der Waals surface area contributed by atoms with Crippen molar-refractivity contribution in [2.24, 2.45) is 16.7 Å². The molecule has 2 aliphatic carbocycles. The molecule has 36 heavy (non-hydrogen) atoms. The predicted octanol–water partition coefficient (Wildman–Crippen LogP) is 4.53. The van der Waals surface area contributed by atoms with Crippen LogP contribution in [0, 0.1) is 16.7 Å². The normalized spacial score (nSPS) is 23.9. The van der Waals surface area contributed by atoms with E-state index >= 15 is 0 Å². The number of nitrogen functional groups attached to an aromatic ring is 2. The Kier molecular flexibility index (Phi) is 5.94. The Balaban J connectivity index is 1.22. The minimum Gasteiger partial charge on any atom is -0.397 e. The number of amides is 1. The fraction of sp³-hybridized carbons (Fsp3) is 0.407. The zero-order valence-electron chi connectivity index (χ0n) is 21.0. The standard InChI is InChI=1S/C27H34N8O/c1-26(2)18-12-13-27(3,14-18)22(26)32-25-34-23(29)33-24(35-25)30-15-16-8-10-17(11-9-16)21(36)31-20-7-5-4-6-19(20)28/h4-11,18,22H,12-15,28H2,1-3H3,(H,31,36)(H4,29,30,32,33,34,35)/t18-,22-,27-/m0/s1. The number of hydrogen-bond donors (Lipinski definition) is 5. The van der Waals surface area contributed by atoms with Crippen LogP contribution in [0.4, 0.5) is 29.2 Å². The molecule has 188 valence electrons. The van der Waals surface area contributed by atoms with Crippen LogP contribution in [0.25, 0.3) is 0 Å². The molecule has 2 bridgehead atoms. The van der Waals surface area contributed by atoms with E-state index in [2.05, 4.69) is 51.7 Å². The molecule has 0 unspecified atom stereocenters. The van der Waals surface area contributed by atoms with Crippen LogP contribution >= 0.6 is 0 Å². The maximum Gasteiger partial charge on any atom is 0.255 e. The summed E-state index contributed by atoms with van der Waals surface area (Å²) in [4.78, 5) is 25.8. The van der Waals surface area contributed by atoms with Gasteiger partial charge in [0.1, 0.15) is 0 Å². The molecule has 2 fully saturated rings. The van der Waals surface area contributed by atoms with E-state index in [0.717, 1.165) is 5.56 Å². The summed E-state index contributed by atoms with van der Waals surface area (Å²) >= 11 is 0. The minimum atomic E-state index is -0.217. The van der Waals surface area contributed by atoms with Crippen LogP contribution in [0.1, 0.15) is 56.0 Å². The summed E-state index contributed by atoms with van der Waals surface area (Å²) < 4.78 is 0. The highest BCUT2D eigenvalue weighted by molar-refractivity contribution is 6.05. The summed E-state index contributed by atoms with van der Waals surface area (Å²) in [5.74, 6) is 1.59. The van der Waals surface area contributed by atoms with E-state index in [0.29, 0.717) is 41.3 Å². The van der Waals surface area contributed by atoms with Gasteiger partial charge in [-0.15, -0.1) is 0 Å². The number of benzene rings is 2. The Bertz CT molecular complexity index is 1270. The van der Waals surface area contributed by atoms with Gasteiger partial charge in [0.15, 0.2) is 0 Å². The van der Waals surface area contributed by atoms with Gasteiger partial charge in [0.05, 0.1) is 11.4 Å². The van der Waals surface area contributed by atoms with Crippen molar-refractivity contribution in [3.05, 3.63) is 59.7 Å². The summed E-state index contributed by atoms with van der Waals surface area (Å²) in [5.41, 5.74) is 15.0. The third-order valence-corrected chi connectivity index (χ3v) is 8.07. The first-order valence-corrected chi connectivity index (χ1v) is 12.4. The Labute approximate surface area is 211 Å². The van der Waals surface area contributed by atoms with Crippen LogP contribution in [-0.2, 0) is 6.54 Å². The number of fused-ring (bicyclic) bond motifs is 2. The van der Waals surface area contributed by atoms with E-state index in [1.165, 1.54) is 19.3 Å². The van der Waals surface area contributed by atoms with Crippen LogP contribution in [0.2, 0.25) is 0 Å². The maximum atomic E-state index is 12.6. The number of para-hydroxylation sites is 2. The molecular weight excluding hydrogens is 452 g/mol. The lowest BCUT2D eigenvalue weighted by Gasteiger charge is -2.43. The molecule has 2 saturated carbocycles. The lowest BCUT2D eigenvalue weighted by molar-refractivity contribution is 0.102. The highest BCUT2D eigenvalue weighted by Gasteiger charge is 2.59. The molecule has 2 aromatic carbocycles. The Morgan fingerprint density at radius 3 is 2.42 bits per heavy atom. The van der Waals surface area contributed by atoms with E-state index in [1.54, 1.807) is 24.3 Å². The smallest absolute Gasteiger partial charge is 0.255 e. The van der Waals surface area contributed by atoms with Crippen molar-refractivity contribution in [3.63, 3.8) is 0 Å². The number of nitrogens with zero attached hydrogens (tertiary/aromatic N) is 3. The molecule has 1 amide bonds. The van der Waals surface area contributed by atoms with Crippen LogP contribution in [0.5, 0.6) is 0 Å². The van der Waals surface area contributed by atoms with Gasteiger partial charge >= 0.3 is 0 Å². The predicted molar refractivity (Wildman–Crippen MR) is 143 cm³/mol. The highest BCUT2D eigenvalue weighted by atomic mass is 16.1. The SMILES string of the molecule is CC1(C)[C@H]2CC[C@@](C)(C2)[C@H]1Nc1nc(N)nc(NCc2ccc(C(=O)Nc3ccccc3N)cc2)n1. The number of rotatable bonds is 7. The molecule has 1 aromatic heterocycles. The van der Waals surface area contributed by atoms with Gasteiger partial charge in [-0.05, 0) is 65.8 Å². The third kappa shape index (κ3) is 4.53. The van der Waals surface area contributed by atoms with Crippen molar-refractivity contribution in [3.8, 4) is 0 Å². The summed E-state index contributed by atoms with van der Waals surface area (Å²) in [5, 5.41) is 9.66. The number of hydrogen-bond acceptors (Lipinski definition) is 8. The molecule has 9 nitrogen and oxygen atoms in total. The second-order valence-corrected chi connectivity index (χ2v) is 10.9. The summed E-state index contributed by atoms with van der Waals surface area (Å²) in [7, 11) is 0. The first kappa shape index (κ1) is 23.8. The number of carbonyl (C=O) groups excluding carboxylic acids is 1.